The zero-order valence-corrected chi connectivity index (χ0v) is 13.5. The average Bonchev–Trinajstić information content (AvgIpc) is 2.75. The van der Waals surface area contributed by atoms with E-state index in [2.05, 4.69) is 10.0 Å². The van der Waals surface area contributed by atoms with Gasteiger partial charge in [0.2, 0.25) is 10.0 Å². The van der Waals surface area contributed by atoms with E-state index in [-0.39, 0.29) is 16.4 Å². The Hall–Kier alpha value is -0.960. The molecule has 0 spiro atoms. The number of sulfonamides is 1. The molecule has 21 heavy (non-hydrogen) atoms. The topological polar surface area (TPSA) is 92.3 Å². The fourth-order valence-electron chi connectivity index (χ4n) is 2.23. The molecule has 2 N–H and O–H groups in total. The highest BCUT2D eigenvalue weighted by Crippen LogP contribution is 2.16. The Balaban J connectivity index is 2.06. The normalized spacial score (nSPS) is 21.5. The van der Waals surface area contributed by atoms with Gasteiger partial charge < -0.3 is 5.32 Å². The van der Waals surface area contributed by atoms with Crippen LogP contribution >= 0.6 is 0 Å². The van der Waals surface area contributed by atoms with Crippen molar-refractivity contribution < 1.29 is 16.8 Å². The Kier molecular flexibility index (Phi) is 5.03. The van der Waals surface area contributed by atoms with Gasteiger partial charge in [-0.15, -0.1) is 0 Å². The second-order valence-corrected chi connectivity index (χ2v) is 9.09. The largest absolute Gasteiger partial charge is 0.313 e. The summed E-state index contributed by atoms with van der Waals surface area (Å²) < 4.78 is 49.6. The zero-order valence-electron chi connectivity index (χ0n) is 11.9. The molecule has 1 aliphatic heterocycles. The summed E-state index contributed by atoms with van der Waals surface area (Å²) in [6, 6.07) is 6.06. The predicted octanol–water partition coefficient (Wildman–Crippen LogP) is 0.262. The van der Waals surface area contributed by atoms with Gasteiger partial charge in [0.25, 0.3) is 0 Å². The van der Waals surface area contributed by atoms with Gasteiger partial charge in [0.1, 0.15) is 0 Å². The van der Waals surface area contributed by atoms with Gasteiger partial charge in [-0.2, -0.15) is 0 Å². The third kappa shape index (κ3) is 4.50. The number of nitrogens with one attached hydrogen (secondary N) is 2. The summed E-state index contributed by atoms with van der Waals surface area (Å²) in [4.78, 5) is 0.159. The van der Waals surface area contributed by atoms with Crippen LogP contribution in [0.5, 0.6) is 0 Å². The number of benzene rings is 1. The minimum atomic E-state index is -3.67. The van der Waals surface area contributed by atoms with Crippen LogP contribution < -0.4 is 10.0 Å². The van der Waals surface area contributed by atoms with Crippen molar-refractivity contribution in [2.24, 2.45) is 0 Å². The molecule has 1 atom stereocenters. The van der Waals surface area contributed by atoms with Crippen molar-refractivity contribution in [1.82, 2.24) is 10.0 Å². The Morgan fingerprint density at radius 2 is 1.90 bits per heavy atom. The van der Waals surface area contributed by atoms with Gasteiger partial charge in [-0.05, 0) is 30.7 Å². The van der Waals surface area contributed by atoms with E-state index in [1.54, 1.807) is 24.3 Å². The summed E-state index contributed by atoms with van der Waals surface area (Å²) in [5.74, 6) is -0.0768. The molecule has 1 aliphatic rings. The van der Waals surface area contributed by atoms with Crippen molar-refractivity contribution in [2.45, 2.75) is 30.8 Å². The quantitative estimate of drug-likeness (QED) is 0.780. The standard InChI is InChI=1S/C13H20N2O4S2/c1-2-14-9-11-3-5-13(6-4-11)21(18,19)15-12-7-8-20(16,17)10-12/h3-6,12,14-15H,2,7-10H2,1H3. The van der Waals surface area contributed by atoms with Crippen molar-refractivity contribution in [3.8, 4) is 0 Å². The molecule has 1 heterocycles. The Bertz CT molecular complexity index is 681. The van der Waals surface area contributed by atoms with Crippen LogP contribution in [-0.2, 0) is 26.4 Å². The molecule has 1 aromatic rings. The van der Waals surface area contributed by atoms with Crippen LogP contribution in [0.1, 0.15) is 18.9 Å². The van der Waals surface area contributed by atoms with Crippen LogP contribution in [0.2, 0.25) is 0 Å². The SMILES string of the molecule is CCNCc1ccc(S(=O)(=O)NC2CCS(=O)(=O)C2)cc1. The van der Waals surface area contributed by atoms with Crippen LogP contribution in [0.4, 0.5) is 0 Å². The summed E-state index contributed by atoms with van der Waals surface area (Å²) in [6.45, 7) is 3.53. The molecule has 0 aromatic heterocycles. The third-order valence-electron chi connectivity index (χ3n) is 3.37. The molecule has 1 aromatic carbocycles. The van der Waals surface area contributed by atoms with E-state index in [0.29, 0.717) is 13.0 Å². The molecule has 0 amide bonds. The molecule has 118 valence electrons. The van der Waals surface area contributed by atoms with Gasteiger partial charge in [-0.3, -0.25) is 0 Å². The number of hydrogen-bond acceptors (Lipinski definition) is 5. The number of rotatable bonds is 6. The molecule has 0 aliphatic carbocycles. The molecule has 2 rings (SSSR count). The van der Waals surface area contributed by atoms with Gasteiger partial charge in [0, 0.05) is 12.6 Å². The Morgan fingerprint density at radius 1 is 1.24 bits per heavy atom. The highest BCUT2D eigenvalue weighted by atomic mass is 32.2. The zero-order chi connectivity index (χ0) is 15.5. The first-order valence-corrected chi connectivity index (χ1v) is 10.2. The summed E-state index contributed by atoms with van der Waals surface area (Å²) in [5, 5.41) is 3.16. The fraction of sp³-hybridized carbons (Fsp3) is 0.538. The van der Waals surface area contributed by atoms with Gasteiger partial charge in [0.05, 0.1) is 16.4 Å². The Labute approximate surface area is 125 Å². The predicted molar refractivity (Wildman–Crippen MR) is 81.2 cm³/mol. The molecular weight excluding hydrogens is 312 g/mol. The first-order valence-electron chi connectivity index (χ1n) is 6.85. The minimum absolute atomic E-state index is 0.0435. The van der Waals surface area contributed by atoms with Crippen LogP contribution in [0.25, 0.3) is 0 Å². The van der Waals surface area contributed by atoms with E-state index in [1.165, 1.54) is 0 Å². The van der Waals surface area contributed by atoms with Gasteiger partial charge in [-0.1, -0.05) is 19.1 Å². The lowest BCUT2D eigenvalue weighted by molar-refractivity contribution is 0.562. The summed E-state index contributed by atoms with van der Waals surface area (Å²) in [7, 11) is -6.77. The lowest BCUT2D eigenvalue weighted by Gasteiger charge is -2.12. The van der Waals surface area contributed by atoms with Crippen molar-refractivity contribution in [3.63, 3.8) is 0 Å². The van der Waals surface area contributed by atoms with E-state index >= 15 is 0 Å². The van der Waals surface area contributed by atoms with E-state index < -0.39 is 25.9 Å². The third-order valence-corrected chi connectivity index (χ3v) is 6.67. The molecule has 1 unspecified atom stereocenters. The molecule has 8 heteroatoms. The van der Waals surface area contributed by atoms with Crippen molar-refractivity contribution in [3.05, 3.63) is 29.8 Å². The van der Waals surface area contributed by atoms with Crippen molar-refractivity contribution in [1.29, 1.82) is 0 Å². The first-order chi connectivity index (χ1) is 9.82. The van der Waals surface area contributed by atoms with E-state index in [1.807, 2.05) is 6.92 Å². The Morgan fingerprint density at radius 3 is 2.43 bits per heavy atom. The molecule has 6 nitrogen and oxygen atoms in total. The van der Waals surface area contributed by atoms with Crippen LogP contribution in [0.3, 0.4) is 0 Å². The monoisotopic (exact) mass is 332 g/mol. The van der Waals surface area contributed by atoms with Crippen molar-refractivity contribution in [2.75, 3.05) is 18.1 Å². The average molecular weight is 332 g/mol. The van der Waals surface area contributed by atoms with Gasteiger partial charge in [-0.25, -0.2) is 21.6 Å². The molecule has 1 saturated heterocycles. The maximum atomic E-state index is 12.2. The smallest absolute Gasteiger partial charge is 0.240 e. The van der Waals surface area contributed by atoms with Gasteiger partial charge >= 0.3 is 0 Å². The maximum absolute atomic E-state index is 12.2. The second-order valence-electron chi connectivity index (χ2n) is 5.15. The van der Waals surface area contributed by atoms with E-state index in [9.17, 15) is 16.8 Å². The second kappa shape index (κ2) is 6.43. The van der Waals surface area contributed by atoms with Crippen molar-refractivity contribution >= 4 is 19.9 Å². The fourth-order valence-corrected chi connectivity index (χ4v) is 5.28. The van der Waals surface area contributed by atoms with Crippen LogP contribution in [-0.4, -0.2) is 40.9 Å². The minimum Gasteiger partial charge on any atom is -0.313 e. The molecule has 0 radical (unpaired) electrons. The van der Waals surface area contributed by atoms with Crippen LogP contribution in [0, 0.1) is 0 Å². The molecule has 0 saturated carbocycles. The summed E-state index contributed by atoms with van der Waals surface area (Å²) >= 11 is 0. The molecule has 1 fully saturated rings. The number of hydrogen-bond donors (Lipinski definition) is 2. The maximum Gasteiger partial charge on any atom is 0.240 e. The van der Waals surface area contributed by atoms with E-state index in [4.69, 9.17) is 0 Å². The summed E-state index contributed by atoms with van der Waals surface area (Å²) in [5.41, 5.74) is 0.999. The lowest BCUT2D eigenvalue weighted by Crippen LogP contribution is -2.35. The molecular formula is C13H20N2O4S2. The highest BCUT2D eigenvalue weighted by molar-refractivity contribution is 7.92. The van der Waals surface area contributed by atoms with E-state index in [0.717, 1.165) is 12.1 Å². The first kappa shape index (κ1) is 16.4. The lowest BCUT2D eigenvalue weighted by atomic mass is 10.2. The van der Waals surface area contributed by atoms with Crippen LogP contribution in [0.15, 0.2) is 29.2 Å². The summed E-state index contributed by atoms with van der Waals surface area (Å²) in [6.07, 6.45) is 0.333. The van der Waals surface area contributed by atoms with Gasteiger partial charge in [0.15, 0.2) is 9.84 Å². The molecule has 0 bridgehead atoms. The highest BCUT2D eigenvalue weighted by Gasteiger charge is 2.31. The number of sulfone groups is 1.